The molecule has 0 N–H and O–H groups in total. The van der Waals surface area contributed by atoms with E-state index in [1.54, 1.807) is 0 Å². The fourth-order valence-electron chi connectivity index (χ4n) is 2.95. The highest BCUT2D eigenvalue weighted by Crippen LogP contribution is 2.20. The number of piperazine rings is 1. The lowest BCUT2D eigenvalue weighted by Gasteiger charge is -2.36. The van der Waals surface area contributed by atoms with Crippen LogP contribution in [0.2, 0.25) is 0 Å². The van der Waals surface area contributed by atoms with Gasteiger partial charge in [0.05, 0.1) is 11.7 Å². The van der Waals surface area contributed by atoms with Gasteiger partial charge >= 0.3 is 0 Å². The molecule has 0 bridgehead atoms. The minimum absolute atomic E-state index is 0.185. The second kappa shape index (κ2) is 7.66. The van der Waals surface area contributed by atoms with E-state index in [0.29, 0.717) is 0 Å². The van der Waals surface area contributed by atoms with Crippen LogP contribution in [-0.2, 0) is 13.0 Å². The zero-order chi connectivity index (χ0) is 16.1. The van der Waals surface area contributed by atoms with E-state index < -0.39 is 0 Å². The molecule has 2 aromatic rings. The van der Waals surface area contributed by atoms with Crippen LogP contribution in [0, 0.1) is 0 Å². The number of aryl methyl sites for hydroxylation is 1. The number of rotatable bonds is 6. The molecular weight excluding hydrogens is 290 g/mol. The molecule has 1 saturated heterocycles. The van der Waals surface area contributed by atoms with Crippen LogP contribution >= 0.6 is 0 Å². The van der Waals surface area contributed by atoms with E-state index in [0.717, 1.165) is 63.0 Å². The van der Waals surface area contributed by atoms with Crippen LogP contribution in [0.3, 0.4) is 0 Å². The van der Waals surface area contributed by atoms with Crippen LogP contribution in [0.4, 0.5) is 0 Å². The van der Waals surface area contributed by atoms with Crippen molar-refractivity contribution in [2.24, 2.45) is 0 Å². The van der Waals surface area contributed by atoms with Gasteiger partial charge in [0, 0.05) is 45.3 Å². The van der Waals surface area contributed by atoms with Crippen molar-refractivity contribution in [3.8, 4) is 0 Å². The van der Waals surface area contributed by atoms with E-state index >= 15 is 0 Å². The van der Waals surface area contributed by atoms with E-state index in [2.05, 4.69) is 44.8 Å². The summed E-state index contributed by atoms with van der Waals surface area (Å²) in [6, 6.07) is 6.28. The van der Waals surface area contributed by atoms with Crippen molar-refractivity contribution in [1.29, 1.82) is 0 Å². The summed E-state index contributed by atoms with van der Waals surface area (Å²) in [5.74, 6) is 1.56. The molecule has 0 amide bonds. The molecule has 0 aliphatic carbocycles. The first kappa shape index (κ1) is 16.1. The minimum atomic E-state index is 0.185. The van der Waals surface area contributed by atoms with Crippen LogP contribution in [-0.4, -0.2) is 51.1 Å². The van der Waals surface area contributed by atoms with Crippen LogP contribution in [0.25, 0.3) is 0 Å². The Bertz CT molecular complexity index is 592. The summed E-state index contributed by atoms with van der Waals surface area (Å²) < 4.78 is 5.43. The maximum absolute atomic E-state index is 5.43. The summed E-state index contributed by atoms with van der Waals surface area (Å²) >= 11 is 0. The van der Waals surface area contributed by atoms with Gasteiger partial charge in [0.15, 0.2) is 5.82 Å². The first-order valence-corrected chi connectivity index (χ1v) is 8.45. The van der Waals surface area contributed by atoms with Crippen LogP contribution in [0.15, 0.2) is 28.9 Å². The van der Waals surface area contributed by atoms with Gasteiger partial charge in [-0.1, -0.05) is 18.1 Å². The number of nitrogens with zero attached hydrogens (tertiary/aromatic N) is 5. The molecule has 1 aliphatic heterocycles. The monoisotopic (exact) mass is 315 g/mol. The Morgan fingerprint density at radius 1 is 1.22 bits per heavy atom. The van der Waals surface area contributed by atoms with E-state index in [4.69, 9.17) is 4.52 Å². The predicted octanol–water partition coefficient (Wildman–Crippen LogP) is 2.30. The first-order valence-electron chi connectivity index (χ1n) is 8.45. The molecule has 6 heteroatoms. The Kier molecular flexibility index (Phi) is 5.35. The Labute approximate surface area is 137 Å². The van der Waals surface area contributed by atoms with Gasteiger partial charge in [0.2, 0.25) is 5.89 Å². The lowest BCUT2D eigenvalue weighted by atomic mass is 10.2. The first-order chi connectivity index (χ1) is 11.3. The van der Waals surface area contributed by atoms with Crippen molar-refractivity contribution >= 4 is 0 Å². The maximum Gasteiger partial charge on any atom is 0.243 e. The zero-order valence-corrected chi connectivity index (χ0v) is 14.0. The van der Waals surface area contributed by atoms with E-state index in [9.17, 15) is 0 Å². The average molecular weight is 315 g/mol. The molecule has 0 aromatic carbocycles. The van der Waals surface area contributed by atoms with Gasteiger partial charge < -0.3 is 4.52 Å². The summed E-state index contributed by atoms with van der Waals surface area (Å²) in [5.41, 5.74) is 1.13. The predicted molar refractivity (Wildman–Crippen MR) is 87.8 cm³/mol. The van der Waals surface area contributed by atoms with Crippen molar-refractivity contribution in [1.82, 2.24) is 24.9 Å². The van der Waals surface area contributed by atoms with Crippen molar-refractivity contribution in [2.75, 3.05) is 26.2 Å². The number of pyridine rings is 1. The standard InChI is InChI=1S/C17H25N5O/c1-3-6-16-19-17(23-20-16)14(2)22-11-9-21(10-12-22)13-15-7-4-5-8-18-15/h4-5,7-8,14H,3,6,9-13H2,1-2H3/t14-/m1/s1. The fraction of sp³-hybridized carbons (Fsp3) is 0.588. The molecule has 3 rings (SSSR count). The van der Waals surface area contributed by atoms with Gasteiger partial charge in [0.25, 0.3) is 0 Å². The smallest absolute Gasteiger partial charge is 0.243 e. The highest BCUT2D eigenvalue weighted by atomic mass is 16.5. The molecule has 2 aromatic heterocycles. The third-order valence-corrected chi connectivity index (χ3v) is 4.38. The molecule has 0 radical (unpaired) electrons. The fourth-order valence-corrected chi connectivity index (χ4v) is 2.95. The van der Waals surface area contributed by atoms with Gasteiger partial charge in [0.1, 0.15) is 0 Å². The molecule has 0 unspecified atom stereocenters. The lowest BCUT2D eigenvalue weighted by Crippen LogP contribution is -2.46. The number of aromatic nitrogens is 3. The maximum atomic E-state index is 5.43. The second-order valence-electron chi connectivity index (χ2n) is 6.11. The van der Waals surface area contributed by atoms with Crippen molar-refractivity contribution in [3.05, 3.63) is 41.8 Å². The topological polar surface area (TPSA) is 58.3 Å². The van der Waals surface area contributed by atoms with Crippen LogP contribution in [0.1, 0.15) is 43.7 Å². The van der Waals surface area contributed by atoms with Crippen molar-refractivity contribution in [2.45, 2.75) is 39.3 Å². The summed E-state index contributed by atoms with van der Waals surface area (Å²) in [5, 5.41) is 4.06. The molecule has 23 heavy (non-hydrogen) atoms. The Morgan fingerprint density at radius 2 is 2.04 bits per heavy atom. The quantitative estimate of drug-likeness (QED) is 0.815. The highest BCUT2D eigenvalue weighted by Gasteiger charge is 2.25. The number of hydrogen-bond donors (Lipinski definition) is 0. The van der Waals surface area contributed by atoms with Gasteiger partial charge in [-0.15, -0.1) is 0 Å². The Hall–Kier alpha value is -1.79. The van der Waals surface area contributed by atoms with Crippen LogP contribution < -0.4 is 0 Å². The molecule has 0 spiro atoms. The summed E-state index contributed by atoms with van der Waals surface area (Å²) in [4.78, 5) is 13.8. The average Bonchev–Trinajstić information content (AvgIpc) is 3.05. The van der Waals surface area contributed by atoms with Gasteiger partial charge in [-0.25, -0.2) is 0 Å². The molecule has 6 nitrogen and oxygen atoms in total. The summed E-state index contributed by atoms with van der Waals surface area (Å²) in [7, 11) is 0. The molecule has 124 valence electrons. The van der Waals surface area contributed by atoms with Crippen LogP contribution in [0.5, 0.6) is 0 Å². The minimum Gasteiger partial charge on any atom is -0.338 e. The largest absolute Gasteiger partial charge is 0.338 e. The third kappa shape index (κ3) is 4.14. The lowest BCUT2D eigenvalue weighted by molar-refractivity contribution is 0.0839. The normalized spacial score (nSPS) is 18.2. The second-order valence-corrected chi connectivity index (χ2v) is 6.11. The Morgan fingerprint density at radius 3 is 2.74 bits per heavy atom. The van der Waals surface area contributed by atoms with Crippen molar-refractivity contribution < 1.29 is 4.52 Å². The van der Waals surface area contributed by atoms with Gasteiger partial charge in [-0.2, -0.15) is 4.98 Å². The molecule has 0 saturated carbocycles. The highest BCUT2D eigenvalue weighted by molar-refractivity contribution is 5.03. The third-order valence-electron chi connectivity index (χ3n) is 4.38. The number of hydrogen-bond acceptors (Lipinski definition) is 6. The van der Waals surface area contributed by atoms with E-state index in [1.165, 1.54) is 0 Å². The zero-order valence-electron chi connectivity index (χ0n) is 14.0. The summed E-state index contributed by atoms with van der Waals surface area (Å²) in [6.45, 7) is 9.30. The van der Waals surface area contributed by atoms with Gasteiger partial charge in [-0.3, -0.25) is 14.8 Å². The van der Waals surface area contributed by atoms with E-state index in [-0.39, 0.29) is 6.04 Å². The summed E-state index contributed by atoms with van der Waals surface area (Å²) in [6.07, 6.45) is 3.78. The molecule has 1 aliphatic rings. The van der Waals surface area contributed by atoms with E-state index in [1.807, 2.05) is 18.3 Å². The molecular formula is C17H25N5O. The SMILES string of the molecule is CCCc1noc([C@@H](C)N2CCN(Cc3ccccn3)CC2)n1. The van der Waals surface area contributed by atoms with Gasteiger partial charge in [-0.05, 0) is 25.5 Å². The molecule has 3 heterocycles. The Balaban J connectivity index is 1.51. The van der Waals surface area contributed by atoms with Crippen molar-refractivity contribution in [3.63, 3.8) is 0 Å². The molecule has 1 atom stereocenters. The molecule has 1 fully saturated rings.